The normalized spacial score (nSPS) is 21.1. The molecule has 13 heteroatoms. The van der Waals surface area contributed by atoms with Crippen molar-refractivity contribution in [2.24, 2.45) is 5.73 Å². The van der Waals surface area contributed by atoms with Gasteiger partial charge in [-0.1, -0.05) is 67.1 Å². The molecular formula is C31H46N3O8S2+. The van der Waals surface area contributed by atoms with Gasteiger partial charge in [0.15, 0.2) is 15.9 Å². The summed E-state index contributed by atoms with van der Waals surface area (Å²) >= 11 is 0. The number of amides is 2. The molecule has 3 N–H and O–H groups in total. The van der Waals surface area contributed by atoms with E-state index >= 15 is 0 Å². The van der Waals surface area contributed by atoms with E-state index in [0.717, 1.165) is 24.7 Å². The van der Waals surface area contributed by atoms with E-state index in [9.17, 15) is 26.4 Å². The number of likely N-dealkylation sites (N-methyl/N-ethyl adjacent to an activating group) is 1. The SMILES string of the molecule is CC(C)(C)[N+](C)(C(=O)OCc1ccccc1)[C@H](C(=O)NS(=O)(=O)C1(N)OC1CCCCc1ccccc1)C(C)(C)S(C)(=O)=O. The number of quaternary nitrogens is 1. The van der Waals surface area contributed by atoms with Gasteiger partial charge in [0.25, 0.3) is 21.0 Å². The van der Waals surface area contributed by atoms with Gasteiger partial charge in [0.05, 0.1) is 7.05 Å². The molecule has 1 saturated heterocycles. The first kappa shape index (κ1) is 35.6. The molecule has 1 fully saturated rings. The van der Waals surface area contributed by atoms with Gasteiger partial charge in [-0.05, 0) is 65.0 Å². The lowest BCUT2D eigenvalue weighted by Crippen LogP contribution is -2.76. The fourth-order valence-corrected chi connectivity index (χ4v) is 7.22. The summed E-state index contributed by atoms with van der Waals surface area (Å²) in [6, 6.07) is 16.9. The van der Waals surface area contributed by atoms with Gasteiger partial charge in [-0.15, -0.1) is 0 Å². The lowest BCUT2D eigenvalue weighted by atomic mass is 9.91. The molecule has 2 aromatic rings. The smallest absolute Gasteiger partial charge is 0.415 e. The maximum atomic E-state index is 14.0. The molecule has 1 aliphatic rings. The van der Waals surface area contributed by atoms with Gasteiger partial charge in [-0.25, -0.2) is 26.0 Å². The first-order valence-electron chi connectivity index (χ1n) is 14.5. The van der Waals surface area contributed by atoms with Crippen LogP contribution >= 0.6 is 0 Å². The average Bonchev–Trinajstić information content (AvgIpc) is 3.61. The van der Waals surface area contributed by atoms with Crippen LogP contribution in [0.4, 0.5) is 4.79 Å². The van der Waals surface area contributed by atoms with Gasteiger partial charge in [0.1, 0.15) is 23.0 Å². The molecule has 1 aliphatic heterocycles. The van der Waals surface area contributed by atoms with Crippen LogP contribution in [0.5, 0.6) is 0 Å². The van der Waals surface area contributed by atoms with E-state index in [1.165, 1.54) is 20.9 Å². The van der Waals surface area contributed by atoms with Crippen molar-refractivity contribution in [1.82, 2.24) is 4.72 Å². The monoisotopic (exact) mass is 652 g/mol. The van der Waals surface area contributed by atoms with E-state index in [-0.39, 0.29) is 6.61 Å². The molecule has 244 valence electrons. The standard InChI is InChI=1S/C31H45N3O8S2/c1-29(2,3)34(6,28(36)41-22-24-19-12-9-13-20-24)26(30(4,5)43(7,37)38)27(35)33-44(39,40)31(32)25(42-31)21-15-14-18-23-16-10-8-11-17-23/h8-13,16-17,19-20,25-26H,14-15,18,21-22,32H2,1-7H3/p+1/t25?,26-,31?,34?/m1/s1. The van der Waals surface area contributed by atoms with Gasteiger partial charge >= 0.3 is 6.09 Å². The van der Waals surface area contributed by atoms with Crippen molar-refractivity contribution in [3.05, 3.63) is 71.8 Å². The van der Waals surface area contributed by atoms with E-state index in [2.05, 4.69) is 0 Å². The van der Waals surface area contributed by atoms with Crippen LogP contribution in [0.3, 0.4) is 0 Å². The quantitative estimate of drug-likeness (QED) is 0.187. The molecular weight excluding hydrogens is 606 g/mol. The summed E-state index contributed by atoms with van der Waals surface area (Å²) in [6.45, 7) is 7.36. The van der Waals surface area contributed by atoms with Crippen LogP contribution in [0, 0.1) is 0 Å². The van der Waals surface area contributed by atoms with Crippen molar-refractivity contribution in [3.63, 3.8) is 0 Å². The second-order valence-electron chi connectivity index (χ2n) is 13.1. The Labute approximate surface area is 261 Å². The molecule has 2 amide bonds. The molecule has 3 unspecified atom stereocenters. The van der Waals surface area contributed by atoms with Crippen LogP contribution in [0.25, 0.3) is 0 Å². The minimum atomic E-state index is -4.66. The highest BCUT2D eigenvalue weighted by molar-refractivity contribution is 7.92. The van der Waals surface area contributed by atoms with Crippen molar-refractivity contribution in [1.29, 1.82) is 0 Å². The Bertz CT molecular complexity index is 1540. The minimum Gasteiger partial charge on any atom is -0.415 e. The highest BCUT2D eigenvalue weighted by atomic mass is 32.2. The number of carbonyl (C=O) groups excluding carboxylic acids is 2. The molecule has 0 spiro atoms. The van der Waals surface area contributed by atoms with Crippen molar-refractivity contribution in [2.45, 2.75) is 94.4 Å². The number of nitrogens with one attached hydrogen (secondary N) is 1. The minimum absolute atomic E-state index is 0.138. The summed E-state index contributed by atoms with van der Waals surface area (Å²) in [6.07, 6.45) is 1.74. The number of unbranched alkanes of at least 4 members (excludes halogenated alkanes) is 1. The topological polar surface area (TPSA) is 162 Å². The molecule has 0 aliphatic carbocycles. The first-order chi connectivity index (χ1) is 20.2. The summed E-state index contributed by atoms with van der Waals surface area (Å²) < 4.78 is 63.4. The number of hydrogen-bond acceptors (Lipinski definition) is 9. The number of benzene rings is 2. The Kier molecular flexibility index (Phi) is 10.4. The zero-order valence-electron chi connectivity index (χ0n) is 26.6. The van der Waals surface area contributed by atoms with Crippen LogP contribution in [0.15, 0.2) is 60.7 Å². The Balaban J connectivity index is 1.86. The lowest BCUT2D eigenvalue weighted by Gasteiger charge is -2.49. The number of carbonyl (C=O) groups is 2. The van der Waals surface area contributed by atoms with Crippen molar-refractivity contribution < 1.29 is 40.4 Å². The summed E-state index contributed by atoms with van der Waals surface area (Å²) in [5, 5.41) is -2.17. The Hall–Kier alpha value is -2.84. The maximum absolute atomic E-state index is 14.0. The van der Waals surface area contributed by atoms with E-state index in [0.29, 0.717) is 18.4 Å². The number of sulfone groups is 1. The highest BCUT2D eigenvalue weighted by Gasteiger charge is 2.67. The van der Waals surface area contributed by atoms with Crippen LogP contribution in [0.1, 0.15) is 65.0 Å². The Morgan fingerprint density at radius 2 is 1.48 bits per heavy atom. The Morgan fingerprint density at radius 3 is 1.98 bits per heavy atom. The van der Waals surface area contributed by atoms with E-state index in [4.69, 9.17) is 15.2 Å². The first-order valence-corrected chi connectivity index (χ1v) is 17.9. The number of epoxide rings is 1. The molecule has 11 nitrogen and oxygen atoms in total. The van der Waals surface area contributed by atoms with Gasteiger partial charge in [0, 0.05) is 6.26 Å². The lowest BCUT2D eigenvalue weighted by molar-refractivity contribution is -0.902. The number of nitrogens with zero attached hydrogens (tertiary/aromatic N) is 1. The van der Waals surface area contributed by atoms with Gasteiger partial charge in [-0.3, -0.25) is 10.5 Å². The largest absolute Gasteiger partial charge is 0.517 e. The summed E-state index contributed by atoms with van der Waals surface area (Å²) in [7, 11) is -7.35. The molecule has 0 saturated carbocycles. The van der Waals surface area contributed by atoms with Crippen LogP contribution in [-0.4, -0.2) is 74.1 Å². The number of ether oxygens (including phenoxy) is 2. The van der Waals surface area contributed by atoms with Crippen LogP contribution in [-0.2, 0) is 47.2 Å². The highest BCUT2D eigenvalue weighted by Crippen LogP contribution is 2.41. The average molecular weight is 653 g/mol. The second-order valence-corrected chi connectivity index (χ2v) is 17.5. The van der Waals surface area contributed by atoms with Gasteiger partial charge < -0.3 is 9.47 Å². The van der Waals surface area contributed by atoms with Crippen molar-refractivity contribution >= 4 is 31.9 Å². The molecule has 44 heavy (non-hydrogen) atoms. The zero-order chi connectivity index (χ0) is 33.2. The van der Waals surface area contributed by atoms with Gasteiger partial charge in [0.2, 0.25) is 0 Å². The maximum Gasteiger partial charge on any atom is 0.517 e. The predicted octanol–water partition coefficient (Wildman–Crippen LogP) is 3.63. The molecule has 3 rings (SSSR count). The van der Waals surface area contributed by atoms with Crippen LogP contribution < -0.4 is 10.5 Å². The molecule has 4 atom stereocenters. The van der Waals surface area contributed by atoms with E-state index < -0.39 is 63.8 Å². The van der Waals surface area contributed by atoms with Crippen molar-refractivity contribution in [2.75, 3.05) is 13.3 Å². The molecule has 0 radical (unpaired) electrons. The summed E-state index contributed by atoms with van der Waals surface area (Å²) in [4.78, 5) is 27.9. The van der Waals surface area contributed by atoms with Crippen LogP contribution in [0.2, 0.25) is 0 Å². The Morgan fingerprint density at radius 1 is 0.955 bits per heavy atom. The number of sulfonamides is 1. The molecule has 1 heterocycles. The van der Waals surface area contributed by atoms with E-state index in [1.807, 2.05) is 35.1 Å². The number of aryl methyl sites for hydroxylation is 1. The third-order valence-electron chi connectivity index (χ3n) is 8.75. The summed E-state index contributed by atoms with van der Waals surface area (Å²) in [5.74, 6) is -1.21. The third kappa shape index (κ3) is 7.34. The molecule has 2 aromatic carbocycles. The van der Waals surface area contributed by atoms with Crippen molar-refractivity contribution in [3.8, 4) is 0 Å². The number of hydrogen-bond donors (Lipinski definition) is 2. The van der Waals surface area contributed by atoms with Gasteiger partial charge in [-0.2, -0.15) is 4.79 Å². The fraction of sp³-hybridized carbons (Fsp3) is 0.548. The fourth-order valence-electron chi connectivity index (χ4n) is 5.25. The summed E-state index contributed by atoms with van der Waals surface area (Å²) in [5.41, 5.74) is 6.84. The predicted molar refractivity (Wildman–Crippen MR) is 168 cm³/mol. The zero-order valence-corrected chi connectivity index (χ0v) is 28.2. The number of rotatable bonds is 13. The third-order valence-corrected chi connectivity index (χ3v) is 12.6. The molecule has 0 aromatic heterocycles. The molecule has 0 bridgehead atoms. The second kappa shape index (κ2) is 12.9. The number of nitrogens with two attached hydrogens (primary N) is 1. The van der Waals surface area contributed by atoms with E-state index in [1.54, 1.807) is 51.1 Å².